The summed E-state index contributed by atoms with van der Waals surface area (Å²) in [5, 5.41) is 0. The normalized spacial score (nSPS) is 11.8. The average molecular weight is 439 g/mol. The number of carbonyl (C=O) groups is 1. The van der Waals surface area contributed by atoms with Crippen molar-refractivity contribution in [2.45, 2.75) is 97.5 Å². The Morgan fingerprint density at radius 3 is 1.75 bits per heavy atom. The van der Waals surface area contributed by atoms with Gasteiger partial charge in [0.05, 0.1) is 6.61 Å². The lowest BCUT2D eigenvalue weighted by Gasteiger charge is -2.14. The lowest BCUT2D eigenvalue weighted by atomic mass is 10.0. The van der Waals surface area contributed by atoms with E-state index >= 15 is 0 Å². The second-order valence-electron chi connectivity index (χ2n) is 8.64. The number of hydrogen-bond donors (Lipinski definition) is 0. The Morgan fingerprint density at radius 2 is 1.22 bits per heavy atom. The van der Waals surface area contributed by atoms with E-state index in [9.17, 15) is 4.79 Å². The maximum absolute atomic E-state index is 12.2. The molecule has 1 atom stereocenters. The van der Waals surface area contributed by atoms with E-state index in [2.05, 4.69) is 31.2 Å². The maximum atomic E-state index is 12.2. The van der Waals surface area contributed by atoms with Gasteiger partial charge in [0.1, 0.15) is 11.9 Å². The zero-order valence-corrected chi connectivity index (χ0v) is 20.4. The van der Waals surface area contributed by atoms with Crippen molar-refractivity contribution in [3.05, 3.63) is 54.1 Å². The van der Waals surface area contributed by atoms with Gasteiger partial charge < -0.3 is 9.47 Å². The lowest BCUT2D eigenvalue weighted by Crippen LogP contribution is -2.08. The highest BCUT2D eigenvalue weighted by Gasteiger charge is 2.12. The molecule has 0 N–H and O–H groups in total. The van der Waals surface area contributed by atoms with Crippen molar-refractivity contribution < 1.29 is 14.3 Å². The van der Waals surface area contributed by atoms with Crippen LogP contribution in [0.4, 0.5) is 0 Å². The van der Waals surface area contributed by atoms with Gasteiger partial charge in [-0.05, 0) is 49.1 Å². The fraction of sp³-hybridized carbons (Fsp3) is 0.552. The van der Waals surface area contributed by atoms with Gasteiger partial charge in [-0.1, -0.05) is 101 Å². The summed E-state index contributed by atoms with van der Waals surface area (Å²) >= 11 is 0. The second-order valence-corrected chi connectivity index (χ2v) is 8.64. The van der Waals surface area contributed by atoms with Crippen LogP contribution in [0.3, 0.4) is 0 Å². The van der Waals surface area contributed by atoms with E-state index in [0.717, 1.165) is 35.3 Å². The minimum Gasteiger partial charge on any atom is -0.494 e. The van der Waals surface area contributed by atoms with E-state index in [0.29, 0.717) is 13.0 Å². The third-order valence-electron chi connectivity index (χ3n) is 5.92. The first kappa shape index (κ1) is 26.0. The number of unbranched alkanes of at least 4 members (excludes halogenated alkanes) is 9. The zero-order chi connectivity index (χ0) is 23.0. The molecular weight excluding hydrogens is 396 g/mol. The molecule has 0 radical (unpaired) electrons. The number of esters is 1. The molecule has 0 aliphatic carbocycles. The molecular formula is C29H42O3. The van der Waals surface area contributed by atoms with Gasteiger partial charge in [-0.25, -0.2) is 0 Å². The lowest BCUT2D eigenvalue weighted by molar-refractivity contribution is -0.148. The molecule has 0 aliphatic rings. The van der Waals surface area contributed by atoms with Crippen molar-refractivity contribution in [2.75, 3.05) is 6.61 Å². The van der Waals surface area contributed by atoms with Crippen LogP contribution in [0.1, 0.15) is 103 Å². The molecule has 0 amide bonds. The third-order valence-corrected chi connectivity index (χ3v) is 5.92. The Balaban J connectivity index is 1.64. The molecule has 0 saturated heterocycles. The van der Waals surface area contributed by atoms with Crippen LogP contribution in [0.25, 0.3) is 11.1 Å². The molecule has 0 heterocycles. The first-order chi connectivity index (χ1) is 15.6. The van der Waals surface area contributed by atoms with Crippen LogP contribution >= 0.6 is 0 Å². The molecule has 0 fully saturated rings. The van der Waals surface area contributed by atoms with E-state index in [1.54, 1.807) is 0 Å². The molecule has 3 nitrogen and oxygen atoms in total. The van der Waals surface area contributed by atoms with E-state index in [1.165, 1.54) is 51.4 Å². The molecule has 176 valence electrons. The highest BCUT2D eigenvalue weighted by molar-refractivity contribution is 5.69. The Kier molecular flexibility index (Phi) is 12.6. The Hall–Kier alpha value is -2.29. The van der Waals surface area contributed by atoms with Crippen LogP contribution in [-0.4, -0.2) is 12.6 Å². The fourth-order valence-corrected chi connectivity index (χ4v) is 3.94. The minimum atomic E-state index is -0.222. The van der Waals surface area contributed by atoms with Crippen LogP contribution in [0.5, 0.6) is 5.75 Å². The number of ether oxygens (including phenoxy) is 2. The average Bonchev–Trinajstić information content (AvgIpc) is 2.81. The Morgan fingerprint density at radius 1 is 0.719 bits per heavy atom. The SMILES string of the molecule is CCCCCCCCCCCCC(=O)OC(C)c1ccc(-c2ccc(OCC)cc2)cc1. The molecule has 32 heavy (non-hydrogen) atoms. The van der Waals surface area contributed by atoms with Crippen LogP contribution in [0.15, 0.2) is 48.5 Å². The number of hydrogen-bond acceptors (Lipinski definition) is 3. The van der Waals surface area contributed by atoms with E-state index < -0.39 is 0 Å². The summed E-state index contributed by atoms with van der Waals surface area (Å²) in [5.74, 6) is 0.795. The first-order valence-corrected chi connectivity index (χ1v) is 12.7. The second kappa shape index (κ2) is 15.5. The van der Waals surface area contributed by atoms with Gasteiger partial charge in [0.2, 0.25) is 0 Å². The standard InChI is InChI=1S/C29H42O3/c1-4-6-7-8-9-10-11-12-13-14-15-29(30)32-24(3)25-16-18-26(19-17-25)27-20-22-28(23-21-27)31-5-2/h16-24H,4-15H2,1-3H3. The van der Waals surface area contributed by atoms with Gasteiger partial charge in [-0.2, -0.15) is 0 Å². The van der Waals surface area contributed by atoms with Crippen LogP contribution in [0, 0.1) is 0 Å². The molecule has 2 rings (SSSR count). The smallest absolute Gasteiger partial charge is 0.306 e. The predicted octanol–water partition coefficient (Wildman–Crippen LogP) is 8.67. The highest BCUT2D eigenvalue weighted by Crippen LogP contribution is 2.25. The summed E-state index contributed by atoms with van der Waals surface area (Å²) in [6.45, 7) is 6.86. The molecule has 3 heteroatoms. The van der Waals surface area contributed by atoms with Crippen molar-refractivity contribution in [3.63, 3.8) is 0 Å². The molecule has 0 spiro atoms. The number of benzene rings is 2. The topological polar surface area (TPSA) is 35.5 Å². The highest BCUT2D eigenvalue weighted by atomic mass is 16.5. The monoisotopic (exact) mass is 438 g/mol. The van der Waals surface area contributed by atoms with Crippen LogP contribution in [0.2, 0.25) is 0 Å². The molecule has 0 saturated carbocycles. The van der Waals surface area contributed by atoms with Crippen molar-refractivity contribution >= 4 is 5.97 Å². The summed E-state index contributed by atoms with van der Waals surface area (Å²) in [7, 11) is 0. The summed E-state index contributed by atoms with van der Waals surface area (Å²) in [6, 6.07) is 16.4. The van der Waals surface area contributed by atoms with Crippen molar-refractivity contribution in [1.82, 2.24) is 0 Å². The molecule has 0 bridgehead atoms. The van der Waals surface area contributed by atoms with Crippen molar-refractivity contribution in [1.29, 1.82) is 0 Å². The summed E-state index contributed by atoms with van der Waals surface area (Å²) in [6.07, 6.45) is 13.0. The van der Waals surface area contributed by atoms with Gasteiger partial charge >= 0.3 is 5.97 Å². The van der Waals surface area contributed by atoms with E-state index in [-0.39, 0.29) is 12.1 Å². The van der Waals surface area contributed by atoms with Gasteiger partial charge in [0, 0.05) is 6.42 Å². The van der Waals surface area contributed by atoms with Crippen LogP contribution in [-0.2, 0) is 9.53 Å². The molecule has 0 aromatic heterocycles. The number of carbonyl (C=O) groups excluding carboxylic acids is 1. The van der Waals surface area contributed by atoms with Gasteiger partial charge in [-0.15, -0.1) is 0 Å². The van der Waals surface area contributed by atoms with Crippen molar-refractivity contribution in [3.8, 4) is 16.9 Å². The molecule has 0 aliphatic heterocycles. The van der Waals surface area contributed by atoms with Gasteiger partial charge in [0.25, 0.3) is 0 Å². The Bertz CT molecular complexity index is 749. The van der Waals surface area contributed by atoms with E-state index in [1.807, 2.05) is 38.1 Å². The quantitative estimate of drug-likeness (QED) is 0.194. The largest absolute Gasteiger partial charge is 0.494 e. The predicted molar refractivity (Wildman–Crippen MR) is 134 cm³/mol. The zero-order valence-electron chi connectivity index (χ0n) is 20.4. The fourth-order valence-electron chi connectivity index (χ4n) is 3.94. The molecule has 2 aromatic carbocycles. The minimum absolute atomic E-state index is 0.0901. The summed E-state index contributed by atoms with van der Waals surface area (Å²) in [5.41, 5.74) is 3.31. The molecule has 2 aromatic rings. The number of rotatable bonds is 16. The van der Waals surface area contributed by atoms with Gasteiger partial charge in [0.15, 0.2) is 0 Å². The summed E-state index contributed by atoms with van der Waals surface area (Å²) < 4.78 is 11.2. The van der Waals surface area contributed by atoms with Crippen molar-refractivity contribution in [2.24, 2.45) is 0 Å². The maximum Gasteiger partial charge on any atom is 0.306 e. The first-order valence-electron chi connectivity index (χ1n) is 12.7. The Labute approximate surface area is 195 Å². The third kappa shape index (κ3) is 9.89. The summed E-state index contributed by atoms with van der Waals surface area (Å²) in [4.78, 5) is 12.2. The van der Waals surface area contributed by atoms with E-state index in [4.69, 9.17) is 9.47 Å². The van der Waals surface area contributed by atoms with Crippen LogP contribution < -0.4 is 4.74 Å². The van der Waals surface area contributed by atoms with Gasteiger partial charge in [-0.3, -0.25) is 4.79 Å². The molecule has 1 unspecified atom stereocenters.